The van der Waals surface area contributed by atoms with E-state index in [9.17, 15) is 111 Å². The molecule has 0 aromatic carbocycles. The van der Waals surface area contributed by atoms with Gasteiger partial charge >= 0.3 is 5.97 Å². The SMILES string of the molecule is O=C(O)CCCO[C@@H]1OC(CO[C@H]2OC(CO[C@H]3OC(CO)[C@@H](O)[C@H](O)C3O[C@@H]3OC(CO[O-])[C@@H](O)[C@H](O)C3O)[C@@H](O)[C@H](O)C2O)[C@@H](O)[C@H](O[C@@H]2OC(CO)[C@@H](O)[C@H](O)C2O[C@H]2OC(COP(=O)([O-])[O-])[C@@H](O)[C@H](O)C2O)C1O. The molecule has 0 amide bonds. The molecule has 30 atom stereocenters. The van der Waals surface area contributed by atoms with Crippen molar-refractivity contribution in [3.8, 4) is 0 Å². The summed E-state index contributed by atoms with van der Waals surface area (Å²) in [5.74, 6) is -1.25. The van der Waals surface area contributed by atoms with E-state index in [-0.39, 0.29) is 6.42 Å². The summed E-state index contributed by atoms with van der Waals surface area (Å²) in [6, 6.07) is 0. The van der Waals surface area contributed by atoms with Gasteiger partial charge in [-0.3, -0.25) is 4.79 Å². The maximum Gasteiger partial charge on any atom is 0.303 e. The van der Waals surface area contributed by atoms with E-state index in [1.165, 1.54) is 0 Å². The van der Waals surface area contributed by atoms with Crippen molar-refractivity contribution in [1.82, 2.24) is 0 Å². The minimum atomic E-state index is -5.71. The Balaban J connectivity index is 1.19. The highest BCUT2D eigenvalue weighted by Gasteiger charge is 2.56. The fraction of sp³-hybridized carbons (Fsp3) is 0.975. The molecule has 0 aromatic rings. The Morgan fingerprint density at radius 1 is 0.410 bits per heavy atom. The summed E-state index contributed by atoms with van der Waals surface area (Å²) in [4.78, 5) is 37.2. The van der Waals surface area contributed by atoms with Gasteiger partial charge in [-0.25, -0.2) is 0 Å². The summed E-state index contributed by atoms with van der Waals surface area (Å²) in [6.07, 6.45) is -60.9. The van der Waals surface area contributed by atoms with E-state index in [0.717, 1.165) is 0 Å². The van der Waals surface area contributed by atoms with Crippen LogP contribution < -0.4 is 15.0 Å². The number of carboxylic acids is 1. The molecule has 456 valence electrons. The summed E-state index contributed by atoms with van der Waals surface area (Å²) < 4.78 is 82.6. The van der Waals surface area contributed by atoms with Gasteiger partial charge in [0.1, 0.15) is 146 Å². The number of carbonyl (C=O) groups is 1. The van der Waals surface area contributed by atoms with E-state index in [1.54, 1.807) is 0 Å². The van der Waals surface area contributed by atoms with Crippen LogP contribution in [0, 0.1) is 0 Å². The maximum atomic E-state index is 11.7. The van der Waals surface area contributed by atoms with Crippen LogP contribution in [0.1, 0.15) is 12.8 Å². The standard InChI is InChI=1S/C40H69O37P/c41-4-10-17(45)26(54)33(76-37-29(57)24(52)20(48)14(73-37)8-67-60)39(69-10)66-6-12-19(47)23(51)28(56)35(71-12)65-7-13-22(50)32(31(59)36(72-13)64-3-1-2-16(43)44)75-40-34(27(55)18(46)11(5-42)70-40)77-38-30(58)25(53)21(49)15(74-38)9-68-78(61,62)63/h10-15,17-42,45-60H,1-9H2,(H,43,44)(H2,61,62,63)/p-3/t10?,11?,12?,13?,14?,15?,17-,18-,19-,20-,21-,22-,23+,24+,25+,26+,27+,28?,29?,30?,31?,32+,33?,34?,35+,36-,37+,38-,39+,40+/m1/s1. The maximum absolute atomic E-state index is 11.7. The number of carboxylic acid groups (broad SMARTS) is 1. The highest BCUT2D eigenvalue weighted by molar-refractivity contribution is 7.43. The largest absolute Gasteiger partial charge is 0.790 e. The number of rotatable bonds is 24. The van der Waals surface area contributed by atoms with Crippen LogP contribution in [0.2, 0.25) is 0 Å². The van der Waals surface area contributed by atoms with Crippen LogP contribution in [0.15, 0.2) is 0 Å². The van der Waals surface area contributed by atoms with E-state index in [4.69, 9.17) is 61.9 Å². The number of ether oxygens (including phenoxy) is 12. The van der Waals surface area contributed by atoms with Gasteiger partial charge in [0.15, 0.2) is 37.7 Å². The minimum absolute atomic E-state index is 0.189. The average Bonchev–Trinajstić information content (AvgIpc) is 3.45. The van der Waals surface area contributed by atoms with Crippen molar-refractivity contribution < 1.29 is 183 Å². The van der Waals surface area contributed by atoms with Gasteiger partial charge in [0.05, 0.1) is 54.1 Å². The smallest absolute Gasteiger partial charge is 0.303 e. The van der Waals surface area contributed by atoms with Crippen molar-refractivity contribution in [2.75, 3.05) is 46.2 Å². The molecular formula is C40H66O37P-3. The molecule has 37 nitrogen and oxygen atoms in total. The molecular weight excluding hydrogens is 1100 g/mol. The molecule has 6 heterocycles. The predicted molar refractivity (Wildman–Crippen MR) is 225 cm³/mol. The topological polar surface area (TPSA) is 597 Å². The summed E-state index contributed by atoms with van der Waals surface area (Å²) in [7, 11) is -5.71. The molecule has 6 aliphatic rings. The van der Waals surface area contributed by atoms with Crippen molar-refractivity contribution in [2.24, 2.45) is 0 Å². The Morgan fingerprint density at radius 2 is 0.782 bits per heavy atom. The van der Waals surface area contributed by atoms with Crippen molar-refractivity contribution in [1.29, 1.82) is 0 Å². The van der Waals surface area contributed by atoms with Crippen LogP contribution in [0.5, 0.6) is 0 Å². The molecule has 0 bridgehead atoms. The van der Waals surface area contributed by atoms with E-state index in [2.05, 4.69) is 9.41 Å². The monoisotopic (exact) mass is 1170 g/mol. The summed E-state index contributed by atoms with van der Waals surface area (Å²) in [5.41, 5.74) is 0. The van der Waals surface area contributed by atoms with Crippen LogP contribution in [0.4, 0.5) is 0 Å². The van der Waals surface area contributed by atoms with Crippen LogP contribution in [-0.2, 0) is 75.6 Å². The molecule has 0 saturated carbocycles. The number of phosphoric acid groups is 1. The Labute approximate surface area is 439 Å². The molecule has 6 saturated heterocycles. The molecule has 0 aliphatic carbocycles. The fourth-order valence-electron chi connectivity index (χ4n) is 9.01. The third kappa shape index (κ3) is 15.6. The fourth-order valence-corrected chi connectivity index (χ4v) is 9.34. The van der Waals surface area contributed by atoms with Gasteiger partial charge in [-0.1, -0.05) is 0 Å². The highest BCUT2D eigenvalue weighted by Crippen LogP contribution is 2.36. The van der Waals surface area contributed by atoms with Crippen molar-refractivity contribution >= 4 is 13.8 Å². The molecule has 18 N–H and O–H groups in total. The Morgan fingerprint density at radius 3 is 1.26 bits per heavy atom. The van der Waals surface area contributed by atoms with E-state index < -0.39 is 251 Å². The zero-order valence-corrected chi connectivity index (χ0v) is 41.3. The Kier molecular flexibility index (Phi) is 24.1. The molecule has 12 unspecified atom stereocenters. The van der Waals surface area contributed by atoms with Crippen LogP contribution in [0.3, 0.4) is 0 Å². The third-order valence-corrected chi connectivity index (χ3v) is 13.9. The van der Waals surface area contributed by atoms with Crippen LogP contribution in [-0.4, -0.2) is 328 Å². The second-order valence-corrected chi connectivity index (χ2v) is 20.0. The van der Waals surface area contributed by atoms with Crippen LogP contribution in [0.25, 0.3) is 0 Å². The number of hydrogen-bond donors (Lipinski definition) is 18. The number of aliphatic hydroxyl groups is 17. The zero-order chi connectivity index (χ0) is 57.7. The van der Waals surface area contributed by atoms with Crippen molar-refractivity contribution in [2.45, 2.75) is 197 Å². The molecule has 6 fully saturated rings. The zero-order valence-electron chi connectivity index (χ0n) is 40.4. The Bertz CT molecular complexity index is 1880. The van der Waals surface area contributed by atoms with E-state index in [1.807, 2.05) is 0 Å². The first-order valence-electron chi connectivity index (χ1n) is 24.0. The van der Waals surface area contributed by atoms with E-state index in [0.29, 0.717) is 0 Å². The first-order valence-corrected chi connectivity index (χ1v) is 25.5. The Hall–Kier alpha value is -1.66. The predicted octanol–water partition coefficient (Wildman–Crippen LogP) is -15.1. The minimum Gasteiger partial charge on any atom is -0.790 e. The molecule has 78 heavy (non-hydrogen) atoms. The van der Waals surface area contributed by atoms with Crippen molar-refractivity contribution in [3.05, 3.63) is 0 Å². The lowest BCUT2D eigenvalue weighted by atomic mass is 9.96. The lowest BCUT2D eigenvalue weighted by Crippen LogP contribution is -2.67. The first kappa shape index (κ1) is 65.5. The third-order valence-electron chi connectivity index (χ3n) is 13.5. The van der Waals surface area contributed by atoms with Gasteiger partial charge in [-0.2, -0.15) is 0 Å². The van der Waals surface area contributed by atoms with Gasteiger partial charge in [0.2, 0.25) is 0 Å². The first-order chi connectivity index (χ1) is 36.7. The summed E-state index contributed by atoms with van der Waals surface area (Å²) in [5, 5.41) is 202. The number of phosphoric ester groups is 1. The normalized spacial score (nSPS) is 47.7. The lowest BCUT2D eigenvalue weighted by Gasteiger charge is -2.49. The quantitative estimate of drug-likeness (QED) is 0.0185. The summed E-state index contributed by atoms with van der Waals surface area (Å²) in [6.45, 7) is -6.40. The van der Waals surface area contributed by atoms with Gasteiger partial charge in [-0.15, -0.1) is 0 Å². The van der Waals surface area contributed by atoms with Gasteiger partial charge in [0, 0.05) is 6.42 Å². The number of hydrogen-bond acceptors (Lipinski definition) is 36. The van der Waals surface area contributed by atoms with Gasteiger partial charge < -0.3 is 178 Å². The molecule has 0 aromatic heterocycles. The second-order valence-electron chi connectivity index (χ2n) is 18.8. The van der Waals surface area contributed by atoms with Crippen LogP contribution >= 0.6 is 7.82 Å². The number of aliphatic hydroxyl groups excluding tert-OH is 17. The van der Waals surface area contributed by atoms with E-state index >= 15 is 0 Å². The molecule has 0 spiro atoms. The summed E-state index contributed by atoms with van der Waals surface area (Å²) >= 11 is 0. The van der Waals surface area contributed by atoms with Gasteiger partial charge in [-0.05, 0) is 6.42 Å². The molecule has 6 aliphatic heterocycles. The molecule has 6 rings (SSSR count). The number of aliphatic carboxylic acids is 1. The molecule has 38 heteroatoms. The highest BCUT2D eigenvalue weighted by atomic mass is 31.2. The van der Waals surface area contributed by atoms with Gasteiger partial charge in [0.25, 0.3) is 0 Å². The average molecular weight is 1170 g/mol. The molecule has 0 radical (unpaired) electrons. The lowest BCUT2D eigenvalue weighted by molar-refractivity contribution is -0.692. The second kappa shape index (κ2) is 28.8. The van der Waals surface area contributed by atoms with Crippen molar-refractivity contribution in [3.63, 3.8) is 0 Å².